The van der Waals surface area contributed by atoms with Crippen LogP contribution in [-0.4, -0.2) is 49.7 Å². The second-order valence-corrected chi connectivity index (χ2v) is 8.82. The van der Waals surface area contributed by atoms with Gasteiger partial charge in [0.2, 0.25) is 5.91 Å². The largest absolute Gasteiger partial charge is 0.494 e. The van der Waals surface area contributed by atoms with Crippen molar-refractivity contribution in [1.29, 1.82) is 0 Å². The van der Waals surface area contributed by atoms with Gasteiger partial charge in [0.05, 0.1) is 6.61 Å². The topological polar surface area (TPSA) is 50.8 Å². The van der Waals surface area contributed by atoms with E-state index in [4.69, 9.17) is 9.47 Å². The fourth-order valence-electron chi connectivity index (χ4n) is 4.73. The van der Waals surface area contributed by atoms with Gasteiger partial charge in [0.15, 0.2) is 0 Å². The lowest BCUT2D eigenvalue weighted by Crippen LogP contribution is -2.42. The quantitative estimate of drug-likeness (QED) is 0.741. The summed E-state index contributed by atoms with van der Waals surface area (Å²) in [6.07, 6.45) is 8.58. The van der Waals surface area contributed by atoms with Crippen molar-refractivity contribution in [2.45, 2.75) is 57.9 Å². The van der Waals surface area contributed by atoms with Gasteiger partial charge in [-0.25, -0.2) is 0 Å². The summed E-state index contributed by atoms with van der Waals surface area (Å²) < 4.78 is 11.3. The van der Waals surface area contributed by atoms with Crippen LogP contribution in [0.5, 0.6) is 11.5 Å². The van der Waals surface area contributed by atoms with Crippen LogP contribution in [0.2, 0.25) is 0 Å². The Labute approximate surface area is 168 Å². The van der Waals surface area contributed by atoms with E-state index in [0.717, 1.165) is 50.4 Å². The Morgan fingerprint density at radius 1 is 1.07 bits per heavy atom. The average molecular weight is 387 g/mol. The normalized spacial score (nSPS) is 24.2. The van der Waals surface area contributed by atoms with E-state index in [-0.39, 0.29) is 5.92 Å². The van der Waals surface area contributed by atoms with Crippen LogP contribution in [-0.2, 0) is 4.79 Å². The monoisotopic (exact) mass is 386 g/mol. The van der Waals surface area contributed by atoms with Gasteiger partial charge in [-0.2, -0.15) is 0 Å². The molecule has 1 aromatic carbocycles. The van der Waals surface area contributed by atoms with Gasteiger partial charge in [0.25, 0.3) is 0 Å². The first-order chi connectivity index (χ1) is 13.7. The van der Waals surface area contributed by atoms with Crippen LogP contribution in [0.1, 0.15) is 51.9 Å². The van der Waals surface area contributed by atoms with Gasteiger partial charge < -0.3 is 14.8 Å². The minimum Gasteiger partial charge on any atom is -0.494 e. The van der Waals surface area contributed by atoms with E-state index in [1.807, 2.05) is 31.2 Å². The summed E-state index contributed by atoms with van der Waals surface area (Å²) in [5, 5.41) is 3.32. The molecule has 1 aliphatic heterocycles. The highest BCUT2D eigenvalue weighted by Crippen LogP contribution is 2.57. The molecule has 3 fully saturated rings. The highest BCUT2D eigenvalue weighted by Gasteiger charge is 2.46. The number of benzene rings is 1. The number of nitrogens with one attached hydrogen (secondary N) is 1. The van der Waals surface area contributed by atoms with Crippen molar-refractivity contribution >= 4 is 5.91 Å². The lowest BCUT2D eigenvalue weighted by molar-refractivity contribution is -0.127. The highest BCUT2D eigenvalue weighted by molar-refractivity contribution is 5.79. The second kappa shape index (κ2) is 8.73. The standard InChI is InChI=1S/C23H34N2O3/c1-2-27-20-3-5-21(6-4-20)28-16-15-25-14-9-19(17-25)24-22(26)18-7-10-23(11-8-18)12-13-23/h3-6,18-19H,2,7-17H2,1H3,(H,24,26)/t19-/m0/s1. The Balaban J connectivity index is 1.13. The summed E-state index contributed by atoms with van der Waals surface area (Å²) >= 11 is 0. The first kappa shape index (κ1) is 19.6. The smallest absolute Gasteiger partial charge is 0.223 e. The summed E-state index contributed by atoms with van der Waals surface area (Å²) in [6, 6.07) is 8.09. The zero-order valence-corrected chi connectivity index (χ0v) is 17.1. The zero-order valence-electron chi connectivity index (χ0n) is 17.1. The number of hydrogen-bond acceptors (Lipinski definition) is 4. The Kier molecular flexibility index (Phi) is 6.10. The zero-order chi connectivity index (χ0) is 19.4. The van der Waals surface area contributed by atoms with E-state index >= 15 is 0 Å². The van der Waals surface area contributed by atoms with Crippen molar-refractivity contribution in [2.75, 3.05) is 32.8 Å². The Morgan fingerprint density at radius 2 is 1.75 bits per heavy atom. The van der Waals surface area contributed by atoms with Crippen LogP contribution < -0.4 is 14.8 Å². The van der Waals surface area contributed by atoms with Crippen molar-refractivity contribution < 1.29 is 14.3 Å². The molecule has 2 aliphatic carbocycles. The molecule has 1 heterocycles. The van der Waals surface area contributed by atoms with Crippen LogP contribution in [0.25, 0.3) is 0 Å². The highest BCUT2D eigenvalue weighted by atomic mass is 16.5. The van der Waals surface area contributed by atoms with Crippen molar-refractivity contribution in [1.82, 2.24) is 10.2 Å². The summed E-state index contributed by atoms with van der Waals surface area (Å²) in [6.45, 7) is 6.19. The molecule has 1 amide bonds. The van der Waals surface area contributed by atoms with E-state index in [2.05, 4.69) is 10.2 Å². The van der Waals surface area contributed by atoms with E-state index in [1.165, 1.54) is 25.7 Å². The molecule has 2 saturated carbocycles. The number of ether oxygens (including phenoxy) is 2. The van der Waals surface area contributed by atoms with Crippen LogP contribution in [0, 0.1) is 11.3 Å². The van der Waals surface area contributed by atoms with Crippen molar-refractivity contribution in [3.63, 3.8) is 0 Å². The third kappa shape index (κ3) is 4.99. The number of amides is 1. The van der Waals surface area contributed by atoms with Gasteiger partial charge >= 0.3 is 0 Å². The maximum atomic E-state index is 12.6. The number of rotatable bonds is 8. The molecule has 0 unspecified atom stereocenters. The molecule has 0 bridgehead atoms. The number of likely N-dealkylation sites (tertiary alicyclic amines) is 1. The van der Waals surface area contributed by atoms with E-state index < -0.39 is 0 Å². The molecule has 1 spiro atoms. The number of hydrogen-bond donors (Lipinski definition) is 1. The van der Waals surface area contributed by atoms with Gasteiger partial charge in [0, 0.05) is 31.6 Å². The van der Waals surface area contributed by atoms with Gasteiger partial charge in [-0.05, 0) is 81.5 Å². The first-order valence-corrected chi connectivity index (χ1v) is 11.0. The molecule has 28 heavy (non-hydrogen) atoms. The fourth-order valence-corrected chi connectivity index (χ4v) is 4.73. The third-order valence-electron chi connectivity index (χ3n) is 6.80. The fraction of sp³-hybridized carbons (Fsp3) is 0.696. The Hall–Kier alpha value is -1.75. The molecule has 1 saturated heterocycles. The van der Waals surface area contributed by atoms with Crippen LogP contribution in [0.3, 0.4) is 0 Å². The van der Waals surface area contributed by atoms with E-state index in [1.54, 1.807) is 0 Å². The first-order valence-electron chi connectivity index (χ1n) is 11.0. The molecule has 5 nitrogen and oxygen atoms in total. The molecular weight excluding hydrogens is 352 g/mol. The molecule has 0 aromatic heterocycles. The van der Waals surface area contributed by atoms with Crippen LogP contribution in [0.4, 0.5) is 0 Å². The predicted molar refractivity (Wildman–Crippen MR) is 110 cm³/mol. The van der Waals surface area contributed by atoms with Gasteiger partial charge in [-0.15, -0.1) is 0 Å². The minimum atomic E-state index is 0.253. The summed E-state index contributed by atoms with van der Waals surface area (Å²) in [5.41, 5.74) is 0.657. The second-order valence-electron chi connectivity index (χ2n) is 8.82. The van der Waals surface area contributed by atoms with Crippen LogP contribution in [0.15, 0.2) is 24.3 Å². The van der Waals surface area contributed by atoms with Gasteiger partial charge in [-0.3, -0.25) is 9.69 Å². The van der Waals surface area contributed by atoms with Crippen molar-refractivity contribution in [3.05, 3.63) is 24.3 Å². The lowest BCUT2D eigenvalue weighted by atomic mass is 9.79. The Bertz CT molecular complexity index is 646. The number of carbonyl (C=O) groups excluding carboxylic acids is 1. The Morgan fingerprint density at radius 3 is 2.39 bits per heavy atom. The molecule has 0 radical (unpaired) electrons. The predicted octanol–water partition coefficient (Wildman–Crippen LogP) is 3.63. The maximum absolute atomic E-state index is 12.6. The summed E-state index contributed by atoms with van der Waals surface area (Å²) in [7, 11) is 0. The molecule has 1 atom stereocenters. The minimum absolute atomic E-state index is 0.253. The maximum Gasteiger partial charge on any atom is 0.223 e. The average Bonchev–Trinajstić information content (AvgIpc) is 3.31. The molecule has 154 valence electrons. The molecule has 4 rings (SSSR count). The SMILES string of the molecule is CCOc1ccc(OCCN2CC[C@H](NC(=O)C3CCC4(CC3)CC4)C2)cc1. The van der Waals surface area contributed by atoms with Crippen LogP contribution >= 0.6 is 0 Å². The summed E-state index contributed by atoms with van der Waals surface area (Å²) in [5.74, 6) is 2.30. The van der Waals surface area contributed by atoms with Gasteiger partial charge in [0.1, 0.15) is 18.1 Å². The molecular formula is C23H34N2O3. The molecule has 5 heteroatoms. The van der Waals surface area contributed by atoms with Crippen molar-refractivity contribution in [3.8, 4) is 11.5 Å². The third-order valence-corrected chi connectivity index (χ3v) is 6.80. The molecule has 1 aromatic rings. The molecule has 3 aliphatic rings. The number of nitrogens with zero attached hydrogens (tertiary/aromatic N) is 1. The van der Waals surface area contributed by atoms with E-state index in [0.29, 0.717) is 30.6 Å². The number of carbonyl (C=O) groups is 1. The lowest BCUT2D eigenvalue weighted by Gasteiger charge is -2.28. The summed E-state index contributed by atoms with van der Waals surface area (Å²) in [4.78, 5) is 15.0. The van der Waals surface area contributed by atoms with Gasteiger partial charge in [-0.1, -0.05) is 0 Å². The van der Waals surface area contributed by atoms with Crippen molar-refractivity contribution in [2.24, 2.45) is 11.3 Å². The molecule has 1 N–H and O–H groups in total. The van der Waals surface area contributed by atoms with E-state index in [9.17, 15) is 4.79 Å².